The van der Waals surface area contributed by atoms with Crippen LogP contribution in [0, 0.1) is 0 Å². The molecule has 0 unspecified atom stereocenters. The molecular weight excluding hydrogens is 402 g/mol. The van der Waals surface area contributed by atoms with E-state index in [-0.39, 0.29) is 11.0 Å². The summed E-state index contributed by atoms with van der Waals surface area (Å²) in [6.45, 7) is 6.34. The maximum atomic E-state index is 13.5. The minimum atomic E-state index is -0.393. The van der Waals surface area contributed by atoms with E-state index in [4.69, 9.17) is 0 Å². The molecule has 0 spiro atoms. The van der Waals surface area contributed by atoms with Crippen LogP contribution in [-0.4, -0.2) is 21.2 Å². The Kier molecular flexibility index (Phi) is 3.51. The second kappa shape index (κ2) is 6.01. The Morgan fingerprint density at radius 1 is 0.750 bits per heavy atom. The fourth-order valence-corrected chi connectivity index (χ4v) is 4.69. The van der Waals surface area contributed by atoms with E-state index in [0.717, 1.165) is 10.9 Å². The van der Waals surface area contributed by atoms with Crippen molar-refractivity contribution in [2.24, 2.45) is 0 Å². The number of carbonyl (C=O) groups is 2. The molecule has 156 valence electrons. The monoisotopic (exact) mass is 421 g/mol. The Morgan fingerprint density at radius 3 is 2.00 bits per heavy atom. The molecule has 2 amide bonds. The minimum absolute atomic E-state index is 0.0363. The van der Waals surface area contributed by atoms with Crippen molar-refractivity contribution >= 4 is 44.7 Å². The molecule has 0 radical (unpaired) electrons. The van der Waals surface area contributed by atoms with Crippen molar-refractivity contribution in [3.05, 3.63) is 88.0 Å². The van der Waals surface area contributed by atoms with Crippen LogP contribution in [0.2, 0.25) is 0 Å². The van der Waals surface area contributed by atoms with Crippen molar-refractivity contribution in [3.63, 3.8) is 0 Å². The Balaban J connectivity index is 1.61. The molecule has 3 aromatic carbocycles. The summed E-state index contributed by atoms with van der Waals surface area (Å²) in [6, 6.07) is 14.4. The third kappa shape index (κ3) is 2.29. The molecular formula is C26H19N3O3. The highest BCUT2D eigenvalue weighted by Gasteiger charge is 2.35. The van der Waals surface area contributed by atoms with Gasteiger partial charge in [0, 0.05) is 45.1 Å². The van der Waals surface area contributed by atoms with Crippen molar-refractivity contribution in [2.45, 2.75) is 26.2 Å². The molecule has 0 aliphatic carbocycles. The van der Waals surface area contributed by atoms with Gasteiger partial charge in [-0.3, -0.25) is 18.8 Å². The third-order valence-electron chi connectivity index (χ3n) is 6.35. The minimum Gasteiger partial charge on any atom is -0.268 e. The van der Waals surface area contributed by atoms with E-state index in [9.17, 15) is 14.4 Å². The molecule has 1 aliphatic heterocycles. The Hall–Kier alpha value is -4.06. The van der Waals surface area contributed by atoms with Crippen LogP contribution in [0.5, 0.6) is 0 Å². The van der Waals surface area contributed by atoms with Gasteiger partial charge in [-0.15, -0.1) is 0 Å². The summed E-state index contributed by atoms with van der Waals surface area (Å²) in [5, 5.41) is 2.36. The van der Waals surface area contributed by atoms with Gasteiger partial charge in [-0.05, 0) is 47.4 Å². The molecule has 3 heterocycles. The molecule has 0 N–H and O–H groups in total. The number of pyridine rings is 1. The summed E-state index contributed by atoms with van der Waals surface area (Å²) >= 11 is 0. The molecule has 0 saturated heterocycles. The van der Waals surface area contributed by atoms with Gasteiger partial charge in [-0.1, -0.05) is 32.9 Å². The maximum absolute atomic E-state index is 13.5. The van der Waals surface area contributed by atoms with Gasteiger partial charge >= 0.3 is 0 Å². The number of anilines is 1. The zero-order valence-electron chi connectivity index (χ0n) is 17.8. The number of fused-ring (bicyclic) bond motifs is 2. The number of amides is 2. The van der Waals surface area contributed by atoms with E-state index < -0.39 is 11.8 Å². The van der Waals surface area contributed by atoms with Crippen LogP contribution in [0.4, 0.5) is 5.69 Å². The second-order valence-corrected chi connectivity index (χ2v) is 9.24. The summed E-state index contributed by atoms with van der Waals surface area (Å²) in [5.41, 5.74) is 2.73. The summed E-state index contributed by atoms with van der Waals surface area (Å²) in [4.78, 5) is 45.5. The molecule has 5 aromatic rings. The lowest BCUT2D eigenvalue weighted by Crippen LogP contribution is -2.40. The number of hydrogen-bond acceptors (Lipinski definition) is 4. The number of benzene rings is 3. The lowest BCUT2D eigenvalue weighted by atomic mass is 9.86. The Bertz CT molecular complexity index is 1630. The van der Waals surface area contributed by atoms with Crippen LogP contribution in [0.25, 0.3) is 27.2 Å². The van der Waals surface area contributed by atoms with E-state index in [2.05, 4.69) is 25.8 Å². The van der Waals surface area contributed by atoms with Crippen LogP contribution in [-0.2, 0) is 5.41 Å². The highest BCUT2D eigenvalue weighted by Crippen LogP contribution is 2.38. The van der Waals surface area contributed by atoms with Gasteiger partial charge in [0.15, 0.2) is 0 Å². The first kappa shape index (κ1) is 18.7. The number of carbonyl (C=O) groups excluding carboxylic acids is 2. The van der Waals surface area contributed by atoms with Gasteiger partial charge in [-0.2, -0.15) is 0 Å². The van der Waals surface area contributed by atoms with Gasteiger partial charge in [-0.25, -0.2) is 9.88 Å². The van der Waals surface area contributed by atoms with E-state index in [1.54, 1.807) is 30.6 Å². The zero-order chi connectivity index (χ0) is 22.4. The van der Waals surface area contributed by atoms with Crippen LogP contribution in [0.15, 0.2) is 65.7 Å². The Morgan fingerprint density at radius 2 is 1.38 bits per heavy atom. The standard InChI is InChI=1S/C26H19N3O3/c1-26(2,3)14-4-6-15(7-5-14)29-24(31)18-9-8-16-20-17(10-11-19(21(18)20)25(29)32)23(30)28-13-12-27-22(16)28/h4-13H,1-3H3. The van der Waals surface area contributed by atoms with Gasteiger partial charge in [0.1, 0.15) is 5.65 Å². The fourth-order valence-electron chi connectivity index (χ4n) is 4.69. The number of hydrogen-bond donors (Lipinski definition) is 0. The van der Waals surface area contributed by atoms with Crippen molar-refractivity contribution in [1.82, 2.24) is 9.38 Å². The van der Waals surface area contributed by atoms with Crippen molar-refractivity contribution in [2.75, 3.05) is 4.90 Å². The number of nitrogens with zero attached hydrogens (tertiary/aromatic N) is 3. The number of imide groups is 1. The smallest absolute Gasteiger partial charge is 0.265 e. The van der Waals surface area contributed by atoms with Crippen LogP contribution >= 0.6 is 0 Å². The third-order valence-corrected chi connectivity index (χ3v) is 6.35. The Labute approximate surface area is 183 Å². The number of aromatic nitrogens is 2. The summed E-state index contributed by atoms with van der Waals surface area (Å²) < 4.78 is 1.49. The molecule has 6 nitrogen and oxygen atoms in total. The maximum Gasteiger partial charge on any atom is 0.265 e. The summed E-state index contributed by atoms with van der Waals surface area (Å²) in [5.74, 6) is -0.785. The van der Waals surface area contributed by atoms with Gasteiger partial charge in [0.05, 0.1) is 5.69 Å². The van der Waals surface area contributed by atoms with Crippen molar-refractivity contribution < 1.29 is 9.59 Å². The molecule has 0 fully saturated rings. The van der Waals surface area contributed by atoms with E-state index >= 15 is 0 Å². The fraction of sp³-hybridized carbons (Fsp3) is 0.154. The lowest BCUT2D eigenvalue weighted by Gasteiger charge is -2.28. The van der Waals surface area contributed by atoms with E-state index in [1.165, 1.54) is 9.30 Å². The normalized spacial score (nSPS) is 14.3. The first-order valence-electron chi connectivity index (χ1n) is 10.4. The summed E-state index contributed by atoms with van der Waals surface area (Å²) in [7, 11) is 0. The quantitative estimate of drug-likeness (QED) is 0.373. The highest BCUT2D eigenvalue weighted by atomic mass is 16.2. The van der Waals surface area contributed by atoms with E-state index in [1.807, 2.05) is 30.3 Å². The molecule has 6 rings (SSSR count). The molecule has 6 heteroatoms. The number of imidazole rings is 1. The molecule has 2 aromatic heterocycles. The molecule has 1 aliphatic rings. The van der Waals surface area contributed by atoms with E-state index in [0.29, 0.717) is 38.6 Å². The van der Waals surface area contributed by atoms with Gasteiger partial charge in [0.2, 0.25) is 0 Å². The first-order valence-corrected chi connectivity index (χ1v) is 10.4. The lowest BCUT2D eigenvalue weighted by molar-refractivity contribution is 0.0893. The predicted octanol–water partition coefficient (Wildman–Crippen LogP) is 4.54. The van der Waals surface area contributed by atoms with Crippen molar-refractivity contribution in [3.8, 4) is 0 Å². The van der Waals surface area contributed by atoms with Crippen LogP contribution in [0.1, 0.15) is 47.1 Å². The zero-order valence-corrected chi connectivity index (χ0v) is 17.8. The second-order valence-electron chi connectivity index (χ2n) is 9.24. The molecule has 0 atom stereocenters. The predicted molar refractivity (Wildman–Crippen MR) is 124 cm³/mol. The SMILES string of the molecule is CC(C)(C)c1ccc(N2C(=O)c3ccc4c(=O)n5ccnc5c5ccc(c3c45)C2=O)cc1. The van der Waals surface area contributed by atoms with Gasteiger partial charge in [0.25, 0.3) is 17.4 Å². The van der Waals surface area contributed by atoms with Crippen LogP contribution in [0.3, 0.4) is 0 Å². The molecule has 0 bridgehead atoms. The first-order chi connectivity index (χ1) is 15.3. The average Bonchev–Trinajstić information content (AvgIpc) is 3.26. The van der Waals surface area contributed by atoms with Gasteiger partial charge < -0.3 is 0 Å². The highest BCUT2D eigenvalue weighted by molar-refractivity contribution is 6.38. The topological polar surface area (TPSA) is 71.8 Å². The van der Waals surface area contributed by atoms with Crippen LogP contribution < -0.4 is 10.5 Å². The summed E-state index contributed by atoms with van der Waals surface area (Å²) in [6.07, 6.45) is 3.20. The number of rotatable bonds is 1. The van der Waals surface area contributed by atoms with Crippen molar-refractivity contribution in [1.29, 1.82) is 0 Å². The average molecular weight is 421 g/mol. The molecule has 32 heavy (non-hydrogen) atoms. The molecule has 0 saturated carbocycles. The largest absolute Gasteiger partial charge is 0.268 e.